The second-order valence-electron chi connectivity index (χ2n) is 12.8. The normalized spacial score (nSPS) is 12.9. The molecule has 23 nitrogen and oxygen atoms in total. The number of carboxylic acid groups (broad SMARTS) is 3. The van der Waals surface area contributed by atoms with E-state index in [-0.39, 0.29) is 36.9 Å². The van der Waals surface area contributed by atoms with Gasteiger partial charge in [0.2, 0.25) is 0 Å². The van der Waals surface area contributed by atoms with Gasteiger partial charge in [0.25, 0.3) is 0 Å². The lowest BCUT2D eigenvalue weighted by Crippen LogP contribution is -2.36. The summed E-state index contributed by atoms with van der Waals surface area (Å²) >= 11 is 0. The number of aliphatic carboxylic acids is 3. The van der Waals surface area contributed by atoms with Gasteiger partial charge >= 0.3 is 29.8 Å². The van der Waals surface area contributed by atoms with Crippen molar-refractivity contribution in [3.05, 3.63) is 77.9 Å². The van der Waals surface area contributed by atoms with E-state index in [4.69, 9.17) is 75.7 Å². The maximum Gasteiger partial charge on any atom is 0.328 e. The third-order valence-electron chi connectivity index (χ3n) is 7.75. The lowest BCUT2D eigenvalue weighted by molar-refractivity contribution is -0.139. The van der Waals surface area contributed by atoms with Crippen molar-refractivity contribution in [2.45, 2.75) is 75.2 Å². The van der Waals surface area contributed by atoms with Crippen LogP contribution < -0.4 is 60.2 Å². The van der Waals surface area contributed by atoms with Gasteiger partial charge in [0.1, 0.15) is 41.7 Å². The number of carboxylic acids is 3. The molecule has 0 aliphatic carbocycles. The van der Waals surface area contributed by atoms with Crippen LogP contribution >= 0.6 is 0 Å². The Hall–Kier alpha value is -6.66. The van der Waals surface area contributed by atoms with Crippen molar-refractivity contribution in [3.8, 4) is 11.5 Å². The van der Waals surface area contributed by atoms with Crippen LogP contribution in [0.25, 0.3) is 0 Å². The first-order valence-electron chi connectivity index (χ1n) is 18.0. The third-order valence-corrected chi connectivity index (χ3v) is 7.75. The Morgan fingerprint density at radius 3 is 1.32 bits per heavy atom. The van der Waals surface area contributed by atoms with Gasteiger partial charge in [0.15, 0.2) is 11.9 Å². The number of rotatable bonds is 21. The van der Waals surface area contributed by atoms with Gasteiger partial charge in [-0.2, -0.15) is 0 Å². The minimum absolute atomic E-state index is 0.112. The average Bonchev–Trinajstić information content (AvgIpc) is 3.69. The number of nitrogens with two attached hydrogens (primary N) is 7. The third kappa shape index (κ3) is 22.6. The van der Waals surface area contributed by atoms with E-state index in [0.717, 1.165) is 5.56 Å². The van der Waals surface area contributed by atoms with Crippen LogP contribution in [-0.2, 0) is 43.2 Å². The molecule has 0 bridgehead atoms. The molecular weight excluding hydrogens is 774 g/mol. The minimum Gasteiger partial charge on any atom is -0.480 e. The summed E-state index contributed by atoms with van der Waals surface area (Å²) in [5.41, 5.74) is 39.9. The van der Waals surface area contributed by atoms with Crippen molar-refractivity contribution in [3.63, 3.8) is 0 Å². The Morgan fingerprint density at radius 2 is 0.983 bits per heavy atom. The Kier molecular flexibility index (Phi) is 23.1. The number of hydrogen-bond donors (Lipinski definition) is 15. The molecule has 23 heteroatoms. The number of nitrogens with one attached hydrogen (secondary N) is 5. The maximum atomic E-state index is 12.4. The summed E-state index contributed by atoms with van der Waals surface area (Å²) in [5, 5.41) is 44.3. The number of aromatic nitrogens is 2. The summed E-state index contributed by atoms with van der Waals surface area (Å²) in [7, 11) is 0. The number of ether oxygens (including phenoxy) is 2. The van der Waals surface area contributed by atoms with Crippen molar-refractivity contribution in [2.75, 3.05) is 13.1 Å². The van der Waals surface area contributed by atoms with E-state index in [1.54, 1.807) is 54.7 Å². The maximum absolute atomic E-state index is 12.4. The first-order chi connectivity index (χ1) is 27.8. The Morgan fingerprint density at radius 1 is 0.610 bits per heavy atom. The molecule has 5 atom stereocenters. The van der Waals surface area contributed by atoms with Gasteiger partial charge in [0, 0.05) is 25.7 Å². The highest BCUT2D eigenvalue weighted by Gasteiger charge is 2.20. The molecule has 2 aromatic carbocycles. The van der Waals surface area contributed by atoms with E-state index in [2.05, 4.69) is 20.6 Å². The molecule has 0 unspecified atom stereocenters. The van der Waals surface area contributed by atoms with Crippen molar-refractivity contribution in [1.29, 1.82) is 10.8 Å². The fraction of sp³-hybridized carbons (Fsp3) is 0.389. The first-order valence-corrected chi connectivity index (χ1v) is 18.0. The topological polar surface area (TPSA) is 447 Å². The average molecular weight is 830 g/mol. The summed E-state index contributed by atoms with van der Waals surface area (Å²) in [4.78, 5) is 62.6. The molecule has 0 saturated carbocycles. The van der Waals surface area contributed by atoms with E-state index in [1.807, 2.05) is 0 Å². The zero-order valence-electron chi connectivity index (χ0n) is 32.2. The lowest BCUT2D eigenvalue weighted by Gasteiger charge is -2.13. The first kappa shape index (κ1) is 50.4. The quantitative estimate of drug-likeness (QED) is 0.0175. The van der Waals surface area contributed by atoms with Crippen LogP contribution in [0.2, 0.25) is 0 Å². The molecule has 0 spiro atoms. The number of carbonyl (C=O) groups is 5. The second kappa shape index (κ2) is 27.1. The van der Waals surface area contributed by atoms with Crippen molar-refractivity contribution in [2.24, 2.45) is 40.1 Å². The van der Waals surface area contributed by atoms with Crippen LogP contribution in [0.4, 0.5) is 0 Å². The summed E-state index contributed by atoms with van der Waals surface area (Å²) < 4.78 is 10.6. The SMILES string of the molecule is N=C(N)NCCC[C@H](N)C(=O)O.N=C(N)NCCC[C@H](N)C(=O)O.N[C@@H](Cc1ccc(OC(=O)[C@@H](N)Cc2ccc(OC(=O)[C@@H](N)Cc3c[nH]cn3)cc2)cc1)C(=O)O. The standard InChI is InChI=1S/C24H27N5O6.2C6H14N4O2/c25-19(22(30)31)9-14-1-5-17(6-2-14)34-23(32)20(26)10-15-3-7-18(8-4-15)35-24(33)21(27)11-16-12-28-13-29-16;2*7-4(5(11)12)2-1-3-10-6(8)9/h1-8,12-13,19-21H,9-11,25-27H2,(H,28,29)(H,30,31);2*4H,1-3,7H2,(H,11,12)(H4,8,9,10)/t19-,20-,21-;2*4-/m000/s1. The number of carbonyl (C=O) groups excluding carboxylic acids is 2. The fourth-order valence-electron chi connectivity index (χ4n) is 4.50. The van der Waals surface area contributed by atoms with Crippen LogP contribution in [0.15, 0.2) is 61.1 Å². The van der Waals surface area contributed by atoms with E-state index < -0.39 is 60.1 Å². The molecule has 22 N–H and O–H groups in total. The fourth-order valence-corrected chi connectivity index (χ4v) is 4.50. The Labute approximate surface area is 339 Å². The van der Waals surface area contributed by atoms with Gasteiger partial charge < -0.3 is 80.5 Å². The molecule has 3 rings (SSSR count). The van der Waals surface area contributed by atoms with Crippen LogP contribution in [0.1, 0.15) is 42.5 Å². The number of benzene rings is 2. The van der Waals surface area contributed by atoms with E-state index in [0.29, 0.717) is 55.8 Å². The molecule has 59 heavy (non-hydrogen) atoms. The van der Waals surface area contributed by atoms with Gasteiger partial charge in [-0.3, -0.25) is 25.2 Å². The largest absolute Gasteiger partial charge is 0.480 e. The molecule has 0 aliphatic rings. The van der Waals surface area contributed by atoms with Crippen molar-refractivity contribution < 1.29 is 48.8 Å². The molecule has 1 aromatic heterocycles. The molecule has 1 heterocycles. The highest BCUT2D eigenvalue weighted by atomic mass is 16.5. The van der Waals surface area contributed by atoms with Crippen LogP contribution in [0.3, 0.4) is 0 Å². The molecule has 0 aliphatic heterocycles. The number of imidazole rings is 1. The number of aromatic amines is 1. The summed E-state index contributed by atoms with van der Waals surface area (Å²) in [6, 6.07) is 8.50. The number of esters is 2. The molecule has 3 aromatic rings. The van der Waals surface area contributed by atoms with Crippen LogP contribution in [0.5, 0.6) is 11.5 Å². The highest BCUT2D eigenvalue weighted by Crippen LogP contribution is 2.17. The highest BCUT2D eigenvalue weighted by molar-refractivity contribution is 5.79. The molecule has 0 fully saturated rings. The van der Waals surface area contributed by atoms with E-state index in [1.165, 1.54) is 6.33 Å². The smallest absolute Gasteiger partial charge is 0.328 e. The predicted octanol–water partition coefficient (Wildman–Crippen LogP) is -2.36. The summed E-state index contributed by atoms with van der Waals surface area (Å²) in [5.74, 6) is -3.93. The van der Waals surface area contributed by atoms with Gasteiger partial charge in [-0.25, -0.2) is 14.6 Å². The molecule has 324 valence electrons. The number of nitrogens with zero attached hydrogens (tertiary/aromatic N) is 1. The van der Waals surface area contributed by atoms with Gasteiger partial charge in [-0.15, -0.1) is 0 Å². The second-order valence-corrected chi connectivity index (χ2v) is 12.8. The van der Waals surface area contributed by atoms with Gasteiger partial charge in [0.05, 0.1) is 12.0 Å². The Bertz CT molecular complexity index is 1740. The molecule has 0 radical (unpaired) electrons. The van der Waals surface area contributed by atoms with E-state index in [9.17, 15) is 24.0 Å². The predicted molar refractivity (Wildman–Crippen MR) is 215 cm³/mol. The molecule has 0 saturated heterocycles. The summed E-state index contributed by atoms with van der Waals surface area (Å²) in [6.07, 6.45) is 5.72. The van der Waals surface area contributed by atoms with Crippen molar-refractivity contribution in [1.82, 2.24) is 20.6 Å². The van der Waals surface area contributed by atoms with Gasteiger partial charge in [-0.1, -0.05) is 24.3 Å². The van der Waals surface area contributed by atoms with E-state index >= 15 is 0 Å². The molecular formula is C36H55N13O10. The van der Waals surface area contributed by atoms with Gasteiger partial charge in [-0.05, 0) is 73.9 Å². The lowest BCUT2D eigenvalue weighted by atomic mass is 10.1. The number of guanidine groups is 2. The molecule has 0 amide bonds. The Balaban J connectivity index is 0.000000593. The summed E-state index contributed by atoms with van der Waals surface area (Å²) in [6.45, 7) is 0.965. The van der Waals surface area contributed by atoms with Crippen LogP contribution in [0, 0.1) is 10.8 Å². The van der Waals surface area contributed by atoms with Crippen LogP contribution in [-0.4, -0.2) is 110 Å². The zero-order valence-corrected chi connectivity index (χ0v) is 32.2. The minimum atomic E-state index is -1.09. The number of H-pyrrole nitrogens is 1. The number of hydrogen-bond acceptors (Lipinski definition) is 15. The van der Waals surface area contributed by atoms with Crippen molar-refractivity contribution >= 4 is 41.8 Å². The monoisotopic (exact) mass is 829 g/mol. The zero-order chi connectivity index (χ0) is 44.5.